The number of nitrogens with one attached hydrogen (secondary N) is 1. The molecule has 6 heteroatoms. The highest BCUT2D eigenvalue weighted by Gasteiger charge is 2.21. The average Bonchev–Trinajstić information content (AvgIpc) is 2.54. The highest BCUT2D eigenvalue weighted by Crippen LogP contribution is 2.26. The molecule has 0 amide bonds. The van der Waals surface area contributed by atoms with E-state index < -0.39 is 0 Å². The molecule has 0 unspecified atom stereocenters. The zero-order valence-electron chi connectivity index (χ0n) is 14.2. The Bertz CT molecular complexity index is 801. The van der Waals surface area contributed by atoms with E-state index in [-0.39, 0.29) is 11.5 Å². The predicted octanol–water partition coefficient (Wildman–Crippen LogP) is 3.11. The summed E-state index contributed by atoms with van der Waals surface area (Å²) < 4.78 is 5.19. The topological polar surface area (TPSA) is 58.2 Å². The van der Waals surface area contributed by atoms with Gasteiger partial charge in [-0.1, -0.05) is 31.5 Å². The van der Waals surface area contributed by atoms with E-state index >= 15 is 0 Å². The molecule has 0 saturated heterocycles. The van der Waals surface area contributed by atoms with Gasteiger partial charge in [-0.15, -0.1) is 0 Å². The molecule has 1 aromatic heterocycles. The second-order valence-electron chi connectivity index (χ2n) is 6.46. The summed E-state index contributed by atoms with van der Waals surface area (Å²) in [4.78, 5) is 22.1. The van der Waals surface area contributed by atoms with Gasteiger partial charge in [-0.25, -0.2) is 4.98 Å². The van der Waals surface area contributed by atoms with E-state index in [0.717, 1.165) is 42.2 Å². The van der Waals surface area contributed by atoms with E-state index in [1.54, 1.807) is 7.11 Å². The van der Waals surface area contributed by atoms with Crippen molar-refractivity contribution in [3.05, 3.63) is 56.2 Å². The molecule has 0 bridgehead atoms. The lowest BCUT2D eigenvalue weighted by atomic mass is 10.0. The maximum atomic E-state index is 12.2. The highest BCUT2D eigenvalue weighted by molar-refractivity contribution is 6.32. The maximum Gasteiger partial charge on any atom is 0.254 e. The second-order valence-corrected chi connectivity index (χ2v) is 6.87. The van der Waals surface area contributed by atoms with Crippen LogP contribution in [0.15, 0.2) is 23.0 Å². The molecular formula is C18H22ClN3O2. The van der Waals surface area contributed by atoms with Crippen LogP contribution in [0.3, 0.4) is 0 Å². The Morgan fingerprint density at radius 2 is 2.21 bits per heavy atom. The summed E-state index contributed by atoms with van der Waals surface area (Å²) in [6.07, 6.45) is 0.722. The molecule has 0 aliphatic carbocycles. The van der Waals surface area contributed by atoms with Crippen molar-refractivity contribution in [2.45, 2.75) is 39.3 Å². The Labute approximate surface area is 146 Å². The number of rotatable bonds is 4. The summed E-state index contributed by atoms with van der Waals surface area (Å²) in [5, 5.41) is 0.615. The van der Waals surface area contributed by atoms with Crippen LogP contribution in [0.2, 0.25) is 5.02 Å². The van der Waals surface area contributed by atoms with E-state index in [4.69, 9.17) is 16.3 Å². The largest absolute Gasteiger partial charge is 0.495 e. The second kappa shape index (κ2) is 6.95. The molecule has 128 valence electrons. The number of methoxy groups -OCH3 is 1. The van der Waals surface area contributed by atoms with Gasteiger partial charge in [0.1, 0.15) is 11.6 Å². The molecule has 0 radical (unpaired) electrons. The normalized spacial score (nSPS) is 14.7. The zero-order chi connectivity index (χ0) is 17.3. The molecule has 1 N–H and O–H groups in total. The Hall–Kier alpha value is -1.85. The lowest BCUT2D eigenvalue weighted by molar-refractivity contribution is 0.240. The van der Waals surface area contributed by atoms with Crippen molar-refractivity contribution < 1.29 is 4.74 Å². The first-order valence-corrected chi connectivity index (χ1v) is 8.52. The summed E-state index contributed by atoms with van der Waals surface area (Å²) in [7, 11) is 1.61. The quantitative estimate of drug-likeness (QED) is 0.923. The van der Waals surface area contributed by atoms with Crippen molar-refractivity contribution in [1.82, 2.24) is 14.9 Å². The monoisotopic (exact) mass is 347 g/mol. The molecular weight excluding hydrogens is 326 g/mol. The molecule has 0 fully saturated rings. The van der Waals surface area contributed by atoms with Crippen molar-refractivity contribution >= 4 is 11.6 Å². The van der Waals surface area contributed by atoms with Crippen molar-refractivity contribution in [3.63, 3.8) is 0 Å². The number of aromatic nitrogens is 2. The van der Waals surface area contributed by atoms with Gasteiger partial charge < -0.3 is 9.72 Å². The third-order valence-electron chi connectivity index (χ3n) is 4.34. The zero-order valence-corrected chi connectivity index (χ0v) is 15.0. The fraction of sp³-hybridized carbons (Fsp3) is 0.444. The molecule has 24 heavy (non-hydrogen) atoms. The molecule has 3 rings (SSSR count). The number of hydrogen-bond acceptors (Lipinski definition) is 4. The van der Waals surface area contributed by atoms with E-state index in [0.29, 0.717) is 17.3 Å². The average molecular weight is 348 g/mol. The van der Waals surface area contributed by atoms with Crippen LogP contribution in [0.1, 0.15) is 42.4 Å². The van der Waals surface area contributed by atoms with Crippen molar-refractivity contribution in [2.75, 3.05) is 13.7 Å². The number of ether oxygens (including phenoxy) is 1. The van der Waals surface area contributed by atoms with E-state index in [9.17, 15) is 4.79 Å². The third-order valence-corrected chi connectivity index (χ3v) is 4.64. The van der Waals surface area contributed by atoms with Gasteiger partial charge >= 0.3 is 0 Å². The van der Waals surface area contributed by atoms with Gasteiger partial charge in [-0.3, -0.25) is 9.69 Å². The minimum absolute atomic E-state index is 0.0100. The van der Waals surface area contributed by atoms with Crippen LogP contribution in [0.5, 0.6) is 5.75 Å². The molecule has 0 atom stereocenters. The first kappa shape index (κ1) is 17.0. The summed E-state index contributed by atoms with van der Waals surface area (Å²) >= 11 is 6.20. The molecule has 1 aliphatic rings. The number of hydrogen-bond donors (Lipinski definition) is 1. The minimum Gasteiger partial charge on any atom is -0.495 e. The highest BCUT2D eigenvalue weighted by atomic mass is 35.5. The fourth-order valence-corrected chi connectivity index (χ4v) is 3.27. The fourth-order valence-electron chi connectivity index (χ4n) is 2.99. The standard InChI is InChI=1S/C18H22ClN3O2/c1-11(2)17-20-15-10-22(7-6-13(15)18(23)21-17)9-12-4-5-16(24-3)14(19)8-12/h4-5,8,11H,6-7,9-10H2,1-3H3,(H,20,21,23). The smallest absolute Gasteiger partial charge is 0.254 e. The van der Waals surface area contributed by atoms with Crippen LogP contribution < -0.4 is 10.3 Å². The Morgan fingerprint density at radius 3 is 2.88 bits per heavy atom. The third kappa shape index (κ3) is 3.47. The molecule has 0 saturated carbocycles. The Balaban J connectivity index is 1.79. The number of halogens is 1. The van der Waals surface area contributed by atoms with Gasteiger partial charge in [0, 0.05) is 31.1 Å². The Kier molecular flexibility index (Phi) is 4.92. The first-order valence-electron chi connectivity index (χ1n) is 8.14. The van der Waals surface area contributed by atoms with E-state index in [1.807, 2.05) is 32.0 Å². The summed E-state index contributed by atoms with van der Waals surface area (Å²) in [5.41, 5.74) is 2.85. The summed E-state index contributed by atoms with van der Waals surface area (Å²) in [6.45, 7) is 6.36. The number of nitrogens with zero attached hydrogens (tertiary/aromatic N) is 2. The van der Waals surface area contributed by atoms with Gasteiger partial charge in [-0.05, 0) is 24.1 Å². The van der Waals surface area contributed by atoms with Crippen LogP contribution in [-0.2, 0) is 19.5 Å². The molecule has 1 aliphatic heterocycles. The van der Waals surface area contributed by atoms with Gasteiger partial charge in [0.25, 0.3) is 5.56 Å². The number of H-pyrrole nitrogens is 1. The molecule has 5 nitrogen and oxygen atoms in total. The van der Waals surface area contributed by atoms with Crippen LogP contribution in [-0.4, -0.2) is 28.5 Å². The molecule has 0 spiro atoms. The molecule has 1 aromatic carbocycles. The van der Waals surface area contributed by atoms with E-state index in [1.165, 1.54) is 0 Å². The lowest BCUT2D eigenvalue weighted by Crippen LogP contribution is -2.35. The number of benzene rings is 1. The van der Waals surface area contributed by atoms with Crippen LogP contribution >= 0.6 is 11.6 Å². The minimum atomic E-state index is 0.0100. The lowest BCUT2D eigenvalue weighted by Gasteiger charge is -2.28. The maximum absolute atomic E-state index is 12.2. The number of fused-ring (bicyclic) bond motifs is 1. The Morgan fingerprint density at radius 1 is 1.42 bits per heavy atom. The van der Waals surface area contributed by atoms with Crippen molar-refractivity contribution in [2.24, 2.45) is 0 Å². The van der Waals surface area contributed by atoms with E-state index in [2.05, 4.69) is 14.9 Å². The first-order chi connectivity index (χ1) is 11.5. The summed E-state index contributed by atoms with van der Waals surface area (Å²) in [6, 6.07) is 5.83. The molecule has 2 aromatic rings. The SMILES string of the molecule is COc1ccc(CN2CCc3c(nc(C(C)C)[nH]c3=O)C2)cc1Cl. The van der Waals surface area contributed by atoms with Gasteiger partial charge in [0.05, 0.1) is 17.8 Å². The van der Waals surface area contributed by atoms with Crippen molar-refractivity contribution in [1.29, 1.82) is 0 Å². The van der Waals surface area contributed by atoms with Gasteiger partial charge in [0.2, 0.25) is 0 Å². The van der Waals surface area contributed by atoms with Gasteiger partial charge in [0.15, 0.2) is 0 Å². The van der Waals surface area contributed by atoms with Crippen LogP contribution in [0.25, 0.3) is 0 Å². The van der Waals surface area contributed by atoms with Gasteiger partial charge in [-0.2, -0.15) is 0 Å². The predicted molar refractivity (Wildman–Crippen MR) is 94.8 cm³/mol. The number of aromatic amines is 1. The van der Waals surface area contributed by atoms with Crippen molar-refractivity contribution in [3.8, 4) is 5.75 Å². The van der Waals surface area contributed by atoms with Crippen LogP contribution in [0, 0.1) is 0 Å². The van der Waals surface area contributed by atoms with Crippen LogP contribution in [0.4, 0.5) is 0 Å². The molecule has 2 heterocycles. The summed E-state index contributed by atoms with van der Waals surface area (Å²) in [5.74, 6) is 1.64.